The molecule has 12 heteroatoms. The fourth-order valence-electron chi connectivity index (χ4n) is 3.98. The molecule has 2 aromatic rings. The highest BCUT2D eigenvalue weighted by Gasteiger charge is 2.46. The Hall–Kier alpha value is -2.47. The molecular formula is C20H28ClN7O3S. The largest absolute Gasteiger partial charge is 0.370 e. The molecule has 1 aromatic carbocycles. The van der Waals surface area contributed by atoms with Gasteiger partial charge in [-0.1, -0.05) is 24.6 Å². The van der Waals surface area contributed by atoms with E-state index >= 15 is 0 Å². The summed E-state index contributed by atoms with van der Waals surface area (Å²) in [6, 6.07) is 4.40. The summed E-state index contributed by atoms with van der Waals surface area (Å²) < 4.78 is 29.4. The van der Waals surface area contributed by atoms with Crippen molar-refractivity contribution in [3.8, 4) is 0 Å². The van der Waals surface area contributed by atoms with E-state index < -0.39 is 15.6 Å². The lowest BCUT2D eigenvalue weighted by Gasteiger charge is -2.29. The number of carbonyl (C=O) groups excluding carboxylic acids is 1. The average molecular weight is 482 g/mol. The number of likely N-dealkylation sites (N-methyl/N-ethyl adjacent to an activating group) is 1. The first-order chi connectivity index (χ1) is 15.1. The number of pyridine rings is 1. The van der Waals surface area contributed by atoms with Gasteiger partial charge >= 0.3 is 0 Å². The van der Waals surface area contributed by atoms with Crippen molar-refractivity contribution >= 4 is 50.1 Å². The fraction of sp³-hybridized carbons (Fsp3) is 0.450. The molecule has 174 valence electrons. The van der Waals surface area contributed by atoms with Crippen molar-refractivity contribution in [3.63, 3.8) is 0 Å². The third-order valence-corrected chi connectivity index (χ3v) is 7.36. The van der Waals surface area contributed by atoms with Gasteiger partial charge in [0.2, 0.25) is 15.9 Å². The van der Waals surface area contributed by atoms with Crippen LogP contribution in [-0.2, 0) is 14.8 Å². The van der Waals surface area contributed by atoms with Gasteiger partial charge in [0, 0.05) is 30.1 Å². The Bertz CT molecular complexity index is 1150. The Morgan fingerprint density at radius 1 is 1.31 bits per heavy atom. The van der Waals surface area contributed by atoms with Crippen molar-refractivity contribution < 1.29 is 13.2 Å². The van der Waals surface area contributed by atoms with Crippen molar-refractivity contribution in [1.29, 1.82) is 0 Å². The van der Waals surface area contributed by atoms with E-state index in [0.29, 0.717) is 41.7 Å². The van der Waals surface area contributed by atoms with Crippen LogP contribution in [0.1, 0.15) is 26.2 Å². The molecule has 1 aliphatic rings. The summed E-state index contributed by atoms with van der Waals surface area (Å²) >= 11 is 6.21. The molecule has 1 amide bonds. The van der Waals surface area contributed by atoms with Crippen LogP contribution in [0.4, 0.5) is 5.82 Å². The summed E-state index contributed by atoms with van der Waals surface area (Å²) in [6.07, 6.45) is 2.97. The molecule has 7 N–H and O–H groups in total. The normalized spacial score (nSPS) is 20.9. The van der Waals surface area contributed by atoms with E-state index in [1.165, 1.54) is 18.3 Å². The predicted molar refractivity (Wildman–Crippen MR) is 125 cm³/mol. The number of nitrogens with two attached hydrogens (primary N) is 2. The molecular weight excluding hydrogens is 454 g/mol. The van der Waals surface area contributed by atoms with Crippen molar-refractivity contribution in [1.82, 2.24) is 20.3 Å². The monoisotopic (exact) mass is 481 g/mol. The van der Waals surface area contributed by atoms with Gasteiger partial charge in [0.25, 0.3) is 0 Å². The molecule has 1 fully saturated rings. The fourth-order valence-corrected chi connectivity index (χ4v) is 5.62. The number of fused-ring (bicyclic) bond motifs is 1. The third-order valence-electron chi connectivity index (χ3n) is 5.52. The minimum atomic E-state index is -4.06. The lowest BCUT2D eigenvalue weighted by molar-refractivity contribution is -0.126. The third kappa shape index (κ3) is 5.12. The van der Waals surface area contributed by atoms with E-state index in [-0.39, 0.29) is 28.5 Å². The Balaban J connectivity index is 2.00. The number of guanidine groups is 1. The van der Waals surface area contributed by atoms with E-state index in [1.807, 2.05) is 6.92 Å². The van der Waals surface area contributed by atoms with Crippen molar-refractivity contribution in [2.75, 3.05) is 20.1 Å². The van der Waals surface area contributed by atoms with Gasteiger partial charge < -0.3 is 22.1 Å². The highest BCUT2D eigenvalue weighted by molar-refractivity contribution is 7.89. The van der Waals surface area contributed by atoms with Gasteiger partial charge in [-0.25, -0.2) is 13.4 Å². The van der Waals surface area contributed by atoms with Crippen LogP contribution in [0.5, 0.6) is 0 Å². The molecule has 32 heavy (non-hydrogen) atoms. The highest BCUT2D eigenvalue weighted by atomic mass is 35.5. The summed E-state index contributed by atoms with van der Waals surface area (Å²) in [5.41, 5.74) is 9.74. The second-order valence-electron chi connectivity index (χ2n) is 8.07. The van der Waals surface area contributed by atoms with Crippen LogP contribution in [0.2, 0.25) is 5.02 Å². The lowest BCUT2D eigenvalue weighted by atomic mass is 9.96. The molecule has 1 aliphatic carbocycles. The minimum Gasteiger partial charge on any atom is -0.370 e. The van der Waals surface area contributed by atoms with Crippen LogP contribution in [-0.4, -0.2) is 50.9 Å². The number of aromatic nitrogens is 1. The number of halogens is 1. The zero-order chi connectivity index (χ0) is 23.5. The minimum absolute atomic E-state index is 0.0388. The van der Waals surface area contributed by atoms with Crippen LogP contribution in [0.15, 0.2) is 34.3 Å². The summed E-state index contributed by atoms with van der Waals surface area (Å²) in [5.74, 6) is -0.187. The second kappa shape index (κ2) is 9.57. The quantitative estimate of drug-likeness (QED) is 0.213. The average Bonchev–Trinajstić information content (AvgIpc) is 3.10. The van der Waals surface area contributed by atoms with Crippen molar-refractivity contribution in [2.24, 2.45) is 22.4 Å². The number of hydrogen-bond donors (Lipinski definition) is 5. The van der Waals surface area contributed by atoms with Gasteiger partial charge in [0.05, 0.1) is 9.92 Å². The number of carbonyl (C=O) groups is 1. The first-order valence-electron chi connectivity index (χ1n) is 10.2. The summed E-state index contributed by atoms with van der Waals surface area (Å²) in [6.45, 7) is 2.98. The maximum atomic E-state index is 13.4. The Labute approximate surface area is 192 Å². The molecule has 0 saturated heterocycles. The molecule has 1 heterocycles. The van der Waals surface area contributed by atoms with Gasteiger partial charge in [0.15, 0.2) is 11.8 Å². The van der Waals surface area contributed by atoms with E-state index in [9.17, 15) is 13.2 Å². The SMILES string of the molecule is CNCCNC(=O)C1(NS(=O)(=O)c2ccc3c(Cl)cnc(N=C(N)N)c3c2)CCC(C)C1. The number of amides is 1. The van der Waals surface area contributed by atoms with E-state index in [1.54, 1.807) is 13.1 Å². The zero-order valence-corrected chi connectivity index (χ0v) is 19.6. The van der Waals surface area contributed by atoms with Crippen LogP contribution in [0.25, 0.3) is 10.8 Å². The standard InChI is InChI=1S/C20H28ClN7O3S/c1-12-5-6-20(10-12,18(29)25-8-7-24-2)28-32(30,31)13-3-4-14-15(9-13)17(27-19(22)23)26-11-16(14)21/h3-4,9,11-12,24,28H,5-8,10H2,1-2H3,(H,25,29)(H4,22,23,26,27). The van der Waals surface area contributed by atoms with Crippen LogP contribution in [0.3, 0.4) is 0 Å². The molecule has 0 aliphatic heterocycles. The molecule has 0 spiro atoms. The summed E-state index contributed by atoms with van der Waals surface area (Å²) in [7, 11) is -2.28. The molecule has 2 unspecified atom stereocenters. The number of benzene rings is 1. The molecule has 0 radical (unpaired) electrons. The molecule has 3 rings (SSSR count). The number of rotatable bonds is 8. The Morgan fingerprint density at radius 3 is 2.69 bits per heavy atom. The lowest BCUT2D eigenvalue weighted by Crippen LogP contribution is -2.57. The Morgan fingerprint density at radius 2 is 2.06 bits per heavy atom. The van der Waals surface area contributed by atoms with Crippen molar-refractivity contribution in [3.05, 3.63) is 29.4 Å². The van der Waals surface area contributed by atoms with E-state index in [4.69, 9.17) is 23.1 Å². The Kier molecular flexibility index (Phi) is 7.23. The van der Waals surface area contributed by atoms with Gasteiger partial charge in [-0.3, -0.25) is 4.79 Å². The molecule has 2 atom stereocenters. The van der Waals surface area contributed by atoms with Gasteiger partial charge in [-0.15, -0.1) is 0 Å². The maximum absolute atomic E-state index is 13.4. The zero-order valence-electron chi connectivity index (χ0n) is 18.0. The summed E-state index contributed by atoms with van der Waals surface area (Å²) in [4.78, 5) is 21.0. The topological polar surface area (TPSA) is 165 Å². The molecule has 10 nitrogen and oxygen atoms in total. The van der Waals surface area contributed by atoms with E-state index in [0.717, 1.165) is 6.42 Å². The van der Waals surface area contributed by atoms with E-state index in [2.05, 4.69) is 25.3 Å². The first kappa shape index (κ1) is 24.2. The molecule has 1 aromatic heterocycles. The smallest absolute Gasteiger partial charge is 0.241 e. The van der Waals surface area contributed by atoms with Gasteiger partial charge in [-0.05, 0) is 44.4 Å². The van der Waals surface area contributed by atoms with Crippen LogP contribution < -0.4 is 26.8 Å². The van der Waals surface area contributed by atoms with Gasteiger partial charge in [-0.2, -0.15) is 9.71 Å². The first-order valence-corrected chi connectivity index (χ1v) is 12.1. The number of aliphatic imine (C=N–C) groups is 1. The van der Waals surface area contributed by atoms with Crippen molar-refractivity contribution in [2.45, 2.75) is 36.6 Å². The maximum Gasteiger partial charge on any atom is 0.241 e. The molecule has 0 bridgehead atoms. The molecule has 1 saturated carbocycles. The highest BCUT2D eigenvalue weighted by Crippen LogP contribution is 2.37. The number of hydrogen-bond acceptors (Lipinski definition) is 6. The van der Waals surface area contributed by atoms with Gasteiger partial charge in [0.1, 0.15) is 5.54 Å². The number of sulfonamides is 1. The van der Waals surface area contributed by atoms with Crippen LogP contribution >= 0.6 is 11.6 Å². The predicted octanol–water partition coefficient (Wildman–Crippen LogP) is 0.966. The van der Waals surface area contributed by atoms with Crippen LogP contribution in [0, 0.1) is 5.92 Å². The second-order valence-corrected chi connectivity index (χ2v) is 10.2. The number of nitrogens with zero attached hydrogens (tertiary/aromatic N) is 2. The summed E-state index contributed by atoms with van der Waals surface area (Å²) in [5, 5.41) is 7.03. The number of nitrogens with one attached hydrogen (secondary N) is 3.